The van der Waals surface area contributed by atoms with Gasteiger partial charge in [0.15, 0.2) is 0 Å². The molecule has 0 bridgehead atoms. The van der Waals surface area contributed by atoms with Crippen molar-refractivity contribution < 1.29 is 20.1 Å². The Bertz CT molecular complexity index is 1520. The van der Waals surface area contributed by atoms with Crippen LogP contribution in [-0.4, -0.2) is 18.0 Å². The number of hydrogen-bond acceptors (Lipinski definition) is 3. The van der Waals surface area contributed by atoms with Crippen molar-refractivity contribution in [2.75, 3.05) is 0 Å². The molecular formula is C31H26IrN2SSi-2. The van der Waals surface area contributed by atoms with Crippen molar-refractivity contribution in [3.05, 3.63) is 116 Å². The van der Waals surface area contributed by atoms with Crippen molar-refractivity contribution in [1.29, 1.82) is 0 Å². The molecule has 0 fully saturated rings. The quantitative estimate of drug-likeness (QED) is 0.140. The molecule has 2 nitrogen and oxygen atoms in total. The van der Waals surface area contributed by atoms with Crippen LogP contribution in [0.2, 0.25) is 19.6 Å². The summed E-state index contributed by atoms with van der Waals surface area (Å²) in [4.78, 5) is 8.73. The van der Waals surface area contributed by atoms with E-state index in [1.165, 1.54) is 25.4 Å². The molecule has 0 aliphatic heterocycles. The molecule has 0 saturated carbocycles. The van der Waals surface area contributed by atoms with Crippen molar-refractivity contribution >= 4 is 44.8 Å². The van der Waals surface area contributed by atoms with Crippen molar-refractivity contribution in [3.8, 4) is 22.5 Å². The van der Waals surface area contributed by atoms with Gasteiger partial charge in [-0.3, -0.25) is 0 Å². The Labute approximate surface area is 231 Å². The van der Waals surface area contributed by atoms with Crippen molar-refractivity contribution in [3.63, 3.8) is 0 Å². The monoisotopic (exact) mass is 679 g/mol. The van der Waals surface area contributed by atoms with E-state index in [0.717, 1.165) is 22.5 Å². The van der Waals surface area contributed by atoms with Crippen LogP contribution < -0.4 is 5.19 Å². The van der Waals surface area contributed by atoms with Crippen LogP contribution in [0.15, 0.2) is 103 Å². The fraction of sp³-hybridized carbons (Fsp3) is 0.0968. The maximum absolute atomic E-state index is 4.51. The number of nitrogens with zero attached hydrogens (tertiary/aromatic N) is 2. The molecule has 0 aliphatic carbocycles. The van der Waals surface area contributed by atoms with E-state index in [4.69, 9.17) is 0 Å². The van der Waals surface area contributed by atoms with Crippen LogP contribution >= 0.6 is 11.3 Å². The minimum Gasteiger partial charge on any atom is -0.305 e. The number of aromatic nitrogens is 2. The molecule has 181 valence electrons. The van der Waals surface area contributed by atoms with Crippen molar-refractivity contribution in [2.24, 2.45) is 0 Å². The molecule has 5 heteroatoms. The summed E-state index contributed by atoms with van der Waals surface area (Å²) in [6.45, 7) is 7.19. The molecule has 0 saturated heterocycles. The second-order valence-corrected chi connectivity index (χ2v) is 15.5. The van der Waals surface area contributed by atoms with Gasteiger partial charge in [0.25, 0.3) is 0 Å². The molecule has 0 amide bonds. The zero-order valence-electron chi connectivity index (χ0n) is 20.5. The van der Waals surface area contributed by atoms with Gasteiger partial charge in [-0.1, -0.05) is 66.6 Å². The Morgan fingerprint density at radius 3 is 2.06 bits per heavy atom. The third-order valence-corrected chi connectivity index (χ3v) is 9.10. The summed E-state index contributed by atoms with van der Waals surface area (Å²) in [6, 6.07) is 37.5. The fourth-order valence-electron chi connectivity index (χ4n) is 3.98. The van der Waals surface area contributed by atoms with Crippen LogP contribution in [0.5, 0.6) is 0 Å². The molecule has 3 aromatic heterocycles. The predicted octanol–water partition coefficient (Wildman–Crippen LogP) is 8.01. The first-order chi connectivity index (χ1) is 17.0. The van der Waals surface area contributed by atoms with E-state index < -0.39 is 8.07 Å². The fourth-order valence-corrected chi connectivity index (χ4v) is 6.50. The molecule has 0 unspecified atom stereocenters. The van der Waals surface area contributed by atoms with Crippen molar-refractivity contribution in [2.45, 2.75) is 19.6 Å². The van der Waals surface area contributed by atoms with E-state index in [0.29, 0.717) is 0 Å². The Morgan fingerprint density at radius 2 is 1.42 bits per heavy atom. The van der Waals surface area contributed by atoms with E-state index in [1.54, 1.807) is 6.20 Å². The van der Waals surface area contributed by atoms with E-state index in [2.05, 4.69) is 72.1 Å². The minimum absolute atomic E-state index is 0. The second kappa shape index (κ2) is 11.4. The van der Waals surface area contributed by atoms with Crippen LogP contribution in [0.25, 0.3) is 42.7 Å². The first-order valence-corrected chi connectivity index (χ1v) is 16.0. The topological polar surface area (TPSA) is 25.8 Å². The molecule has 0 spiro atoms. The molecule has 6 rings (SSSR count). The Morgan fingerprint density at radius 1 is 0.694 bits per heavy atom. The molecule has 3 aromatic carbocycles. The largest absolute Gasteiger partial charge is 0.305 e. The van der Waals surface area contributed by atoms with Gasteiger partial charge in [0.2, 0.25) is 0 Å². The average Bonchev–Trinajstić information content (AvgIpc) is 3.28. The smallest absolute Gasteiger partial charge is 0.0776 e. The number of hydrogen-bond donors (Lipinski definition) is 0. The van der Waals surface area contributed by atoms with Crippen LogP contribution in [0.3, 0.4) is 0 Å². The van der Waals surface area contributed by atoms with Crippen molar-refractivity contribution in [1.82, 2.24) is 9.97 Å². The van der Waals surface area contributed by atoms with Gasteiger partial charge in [-0.05, 0) is 39.7 Å². The van der Waals surface area contributed by atoms with Gasteiger partial charge in [0, 0.05) is 37.2 Å². The van der Waals surface area contributed by atoms with E-state index in [-0.39, 0.29) is 20.1 Å². The van der Waals surface area contributed by atoms with Gasteiger partial charge in [0.05, 0.1) is 8.07 Å². The summed E-state index contributed by atoms with van der Waals surface area (Å²) in [5.41, 5.74) is 4.12. The van der Waals surface area contributed by atoms with Gasteiger partial charge in [0.1, 0.15) is 0 Å². The average molecular weight is 679 g/mol. The number of rotatable bonds is 3. The maximum atomic E-state index is 4.51. The summed E-state index contributed by atoms with van der Waals surface area (Å²) in [5.74, 6) is 0. The normalized spacial score (nSPS) is 11.0. The predicted molar refractivity (Wildman–Crippen MR) is 153 cm³/mol. The van der Waals surface area contributed by atoms with Crippen LogP contribution in [0.4, 0.5) is 0 Å². The summed E-state index contributed by atoms with van der Waals surface area (Å²) in [6.07, 6.45) is 3.63. The Hall–Kier alpha value is -2.95. The summed E-state index contributed by atoms with van der Waals surface area (Å²) in [5, 5.41) is 4.17. The van der Waals surface area contributed by atoms with Crippen LogP contribution in [0, 0.1) is 12.1 Å². The number of fused-ring (bicyclic) bond motifs is 3. The number of pyridine rings is 2. The second-order valence-electron chi connectivity index (χ2n) is 9.36. The Kier molecular flexibility index (Phi) is 8.27. The molecule has 6 aromatic rings. The standard InChI is InChI=1S/C20H18NSSi.C11H8N.Ir/c1-23(2,3)14-10-11-15-16-7-6-8-17(18-9-4-5-12-21-18)20(16)22-19(15)13-14;1-2-6-10(7-3-1)11-8-4-5-9-12-11;/h4-7,9-13H,1-3H3;1-6,8-9H;/q2*-1;. The number of benzene rings is 3. The van der Waals surface area contributed by atoms with Gasteiger partial charge in [-0.15, -0.1) is 59.7 Å². The molecule has 0 N–H and O–H groups in total. The first kappa shape index (κ1) is 26.1. The molecule has 36 heavy (non-hydrogen) atoms. The van der Waals surface area contributed by atoms with Gasteiger partial charge in [-0.2, -0.15) is 11.3 Å². The Balaban J connectivity index is 0.000000198. The van der Waals surface area contributed by atoms with Crippen LogP contribution in [0.1, 0.15) is 0 Å². The first-order valence-electron chi connectivity index (χ1n) is 11.7. The molecule has 0 aliphatic rings. The zero-order valence-corrected chi connectivity index (χ0v) is 24.7. The maximum Gasteiger partial charge on any atom is 0.0776 e. The zero-order chi connectivity index (χ0) is 24.3. The molecule has 0 atom stereocenters. The van der Waals surface area contributed by atoms with Gasteiger partial charge in [-0.25, -0.2) is 0 Å². The summed E-state index contributed by atoms with van der Waals surface area (Å²) in [7, 11) is -1.29. The SMILES string of the molecule is C[Si](C)(C)c1ccc2c(c1)sc1c(-c3ccccn3)[c-]ccc12.[Ir].[c-]1ccccc1-c1ccccn1. The minimum atomic E-state index is -1.29. The van der Waals surface area contributed by atoms with Gasteiger partial charge < -0.3 is 9.97 Å². The molecule has 1 radical (unpaired) electrons. The van der Waals surface area contributed by atoms with Crippen LogP contribution in [-0.2, 0) is 20.1 Å². The summed E-state index contributed by atoms with van der Waals surface area (Å²) < 4.78 is 2.66. The van der Waals surface area contributed by atoms with Gasteiger partial charge >= 0.3 is 0 Å². The van der Waals surface area contributed by atoms with E-state index in [1.807, 2.05) is 78.2 Å². The molecular weight excluding hydrogens is 653 g/mol. The molecule has 3 heterocycles. The van der Waals surface area contributed by atoms with E-state index in [9.17, 15) is 0 Å². The third kappa shape index (κ3) is 5.71. The third-order valence-electron chi connectivity index (χ3n) is 5.87. The number of thiophene rings is 1. The summed E-state index contributed by atoms with van der Waals surface area (Å²) >= 11 is 1.86. The van der Waals surface area contributed by atoms with E-state index >= 15 is 0 Å².